The van der Waals surface area contributed by atoms with Crippen molar-refractivity contribution in [2.45, 2.75) is 77.4 Å². The quantitative estimate of drug-likeness (QED) is 0.428. The second-order valence-corrected chi connectivity index (χ2v) is 11.9. The highest BCUT2D eigenvalue weighted by molar-refractivity contribution is 5.96. The number of carbonyl (C=O) groups excluding carboxylic acids is 2. The highest BCUT2D eigenvalue weighted by atomic mass is 16.6. The molecule has 7 heteroatoms. The van der Waals surface area contributed by atoms with E-state index in [0.29, 0.717) is 23.3 Å². The average molecular weight is 509 g/mol. The summed E-state index contributed by atoms with van der Waals surface area (Å²) in [6.45, 7) is 4.49. The summed E-state index contributed by atoms with van der Waals surface area (Å²) in [4.78, 5) is 30.2. The van der Waals surface area contributed by atoms with Gasteiger partial charge in [0.2, 0.25) is 0 Å². The number of methoxy groups -OCH3 is 1. The molecule has 3 saturated carbocycles. The first kappa shape index (κ1) is 26.0. The van der Waals surface area contributed by atoms with Crippen molar-refractivity contribution in [3.05, 3.63) is 47.5 Å². The van der Waals surface area contributed by atoms with Gasteiger partial charge in [0.25, 0.3) is 5.91 Å². The van der Waals surface area contributed by atoms with Gasteiger partial charge in [-0.1, -0.05) is 54.9 Å². The fourth-order valence-electron chi connectivity index (χ4n) is 8.03. The molecule has 0 heterocycles. The van der Waals surface area contributed by atoms with Gasteiger partial charge in [-0.15, -0.1) is 0 Å². The number of nitrogens with one attached hydrogen (secondary N) is 1. The van der Waals surface area contributed by atoms with Crippen LogP contribution in [0, 0.1) is 28.6 Å². The third kappa shape index (κ3) is 4.71. The number of nitrogens with zero attached hydrogens (tertiary/aromatic N) is 1. The topological polar surface area (TPSA) is 97.2 Å². The number of carbonyl (C=O) groups is 2. The Kier molecular flexibility index (Phi) is 7.18. The number of rotatable bonds is 6. The highest BCUT2D eigenvalue weighted by Gasteiger charge is 2.58. The van der Waals surface area contributed by atoms with Gasteiger partial charge >= 0.3 is 5.97 Å². The molecule has 0 saturated heterocycles. The molecule has 0 bridgehead atoms. The van der Waals surface area contributed by atoms with Gasteiger partial charge in [-0.3, -0.25) is 4.79 Å². The van der Waals surface area contributed by atoms with Crippen molar-refractivity contribution in [1.29, 1.82) is 0 Å². The summed E-state index contributed by atoms with van der Waals surface area (Å²) < 4.78 is 4.86. The summed E-state index contributed by atoms with van der Waals surface area (Å²) in [6, 6.07) is 8.11. The van der Waals surface area contributed by atoms with E-state index >= 15 is 0 Å². The lowest BCUT2D eigenvalue weighted by molar-refractivity contribution is -0.145. The van der Waals surface area contributed by atoms with Gasteiger partial charge in [0.15, 0.2) is 12.6 Å². The highest BCUT2D eigenvalue weighted by Crippen LogP contribution is 2.65. The number of benzene rings is 1. The fourth-order valence-corrected chi connectivity index (χ4v) is 8.03. The normalized spacial score (nSPS) is 36.4. The lowest BCUT2D eigenvalue weighted by Gasteiger charge is -2.57. The van der Waals surface area contributed by atoms with Gasteiger partial charge in [0, 0.05) is 0 Å². The second kappa shape index (κ2) is 10.2. The molecule has 37 heavy (non-hydrogen) atoms. The zero-order chi connectivity index (χ0) is 26.2. The number of aliphatic hydroxyl groups excluding tert-OH is 1. The molecule has 1 aromatic rings. The number of hydrogen-bond acceptors (Lipinski definition) is 6. The van der Waals surface area contributed by atoms with Crippen molar-refractivity contribution < 1.29 is 24.3 Å². The molecule has 7 nitrogen and oxygen atoms in total. The number of ether oxygens (including phenoxy) is 1. The maximum Gasteiger partial charge on any atom is 0.333 e. The molecule has 1 aromatic carbocycles. The Morgan fingerprint density at radius 3 is 2.62 bits per heavy atom. The van der Waals surface area contributed by atoms with Crippen LogP contribution in [0.15, 0.2) is 47.1 Å². The number of oxime groups is 1. The maximum atomic E-state index is 12.5. The summed E-state index contributed by atoms with van der Waals surface area (Å²) in [6.07, 6.45) is 10.6. The molecule has 5 rings (SSSR count). The molecule has 200 valence electrons. The van der Waals surface area contributed by atoms with E-state index in [1.165, 1.54) is 25.5 Å². The molecule has 4 aliphatic carbocycles. The van der Waals surface area contributed by atoms with Gasteiger partial charge in [-0.05, 0) is 91.6 Å². The van der Waals surface area contributed by atoms with Crippen LogP contribution in [0.25, 0.3) is 0 Å². The smallest absolute Gasteiger partial charge is 0.333 e. The molecule has 0 aliphatic heterocycles. The number of esters is 1. The molecule has 7 unspecified atom stereocenters. The van der Waals surface area contributed by atoms with Gasteiger partial charge < -0.3 is 20.0 Å². The van der Waals surface area contributed by atoms with E-state index in [2.05, 4.69) is 30.4 Å². The predicted octanol–water partition coefficient (Wildman–Crippen LogP) is 4.71. The minimum atomic E-state index is -0.888. The third-order valence-electron chi connectivity index (χ3n) is 10.2. The molecule has 2 N–H and O–H groups in total. The van der Waals surface area contributed by atoms with E-state index in [9.17, 15) is 14.7 Å². The molecular formula is C30H40N2O5. The first-order chi connectivity index (χ1) is 17.8. The average Bonchev–Trinajstić information content (AvgIpc) is 3.21. The fraction of sp³-hybridized carbons (Fsp3) is 0.633. The van der Waals surface area contributed by atoms with Crippen molar-refractivity contribution in [1.82, 2.24) is 5.32 Å². The summed E-state index contributed by atoms with van der Waals surface area (Å²) in [5.41, 5.74) is 3.27. The minimum Gasteiger partial charge on any atom is -0.467 e. The number of aliphatic hydroxyl groups is 1. The largest absolute Gasteiger partial charge is 0.467 e. The number of amides is 1. The Hall–Kier alpha value is -2.67. The van der Waals surface area contributed by atoms with E-state index < -0.39 is 17.9 Å². The van der Waals surface area contributed by atoms with Crippen molar-refractivity contribution in [3.63, 3.8) is 0 Å². The second-order valence-electron chi connectivity index (χ2n) is 11.9. The van der Waals surface area contributed by atoms with Crippen LogP contribution in [-0.2, 0) is 19.2 Å². The SMILES string of the molecule is COC(=O)C(NC(=O)CON=C1C=C2CCC3C(CCC4(C)C(O)CCC34)C2(C)CC1)c1ccccc1. The number of fused-ring (bicyclic) bond motifs is 5. The summed E-state index contributed by atoms with van der Waals surface area (Å²) in [5, 5.41) is 17.7. The van der Waals surface area contributed by atoms with Crippen molar-refractivity contribution in [3.8, 4) is 0 Å². The number of allylic oxidation sites excluding steroid dienone is 2. The van der Waals surface area contributed by atoms with Crippen LogP contribution in [0.1, 0.15) is 76.8 Å². The maximum absolute atomic E-state index is 12.5. The third-order valence-corrected chi connectivity index (χ3v) is 10.2. The van der Waals surface area contributed by atoms with Crippen LogP contribution < -0.4 is 5.32 Å². The van der Waals surface area contributed by atoms with E-state index in [4.69, 9.17) is 9.57 Å². The van der Waals surface area contributed by atoms with Crippen LogP contribution in [0.4, 0.5) is 0 Å². The van der Waals surface area contributed by atoms with Crippen LogP contribution in [0.3, 0.4) is 0 Å². The van der Waals surface area contributed by atoms with E-state index in [1.807, 2.05) is 6.07 Å². The molecule has 0 spiro atoms. The van der Waals surface area contributed by atoms with Gasteiger partial charge in [-0.25, -0.2) is 4.79 Å². The van der Waals surface area contributed by atoms with Crippen LogP contribution in [0.2, 0.25) is 0 Å². The zero-order valence-corrected chi connectivity index (χ0v) is 22.2. The van der Waals surface area contributed by atoms with Crippen molar-refractivity contribution in [2.24, 2.45) is 33.7 Å². The molecule has 0 aromatic heterocycles. The van der Waals surface area contributed by atoms with Crippen molar-refractivity contribution >= 4 is 17.6 Å². The molecule has 4 aliphatic rings. The Bertz CT molecular complexity index is 1080. The van der Waals surface area contributed by atoms with Crippen LogP contribution in [-0.4, -0.2) is 42.5 Å². The first-order valence-electron chi connectivity index (χ1n) is 13.8. The summed E-state index contributed by atoms with van der Waals surface area (Å²) >= 11 is 0. The van der Waals surface area contributed by atoms with Crippen molar-refractivity contribution in [2.75, 3.05) is 13.7 Å². The molecule has 7 atom stereocenters. The predicted molar refractivity (Wildman–Crippen MR) is 140 cm³/mol. The number of hydrogen-bond donors (Lipinski definition) is 2. The van der Waals surface area contributed by atoms with Gasteiger partial charge in [0.1, 0.15) is 0 Å². The Balaban J connectivity index is 1.21. The monoisotopic (exact) mass is 508 g/mol. The molecule has 3 fully saturated rings. The Morgan fingerprint density at radius 1 is 1.08 bits per heavy atom. The summed E-state index contributed by atoms with van der Waals surface area (Å²) in [7, 11) is 1.30. The lowest BCUT2D eigenvalue weighted by atomic mass is 9.47. The first-order valence-corrected chi connectivity index (χ1v) is 13.8. The standard InChI is InChI=1S/C30H40N2O5/c1-29-15-13-21(32-37-18-26(34)31-27(28(35)36-3)19-7-5-4-6-8-19)17-20(29)9-10-22-23-11-12-25(33)30(23,2)16-14-24(22)29/h4-8,17,22-25,27,33H,9-16,18H2,1-3H3,(H,31,34). The Labute approximate surface area is 219 Å². The zero-order valence-electron chi connectivity index (χ0n) is 22.2. The van der Waals surface area contributed by atoms with Crippen LogP contribution in [0.5, 0.6) is 0 Å². The summed E-state index contributed by atoms with van der Waals surface area (Å²) in [5.74, 6) is 1.04. The molecular weight excluding hydrogens is 468 g/mol. The Morgan fingerprint density at radius 2 is 1.86 bits per heavy atom. The van der Waals surface area contributed by atoms with E-state index in [1.54, 1.807) is 24.3 Å². The van der Waals surface area contributed by atoms with Gasteiger partial charge in [-0.2, -0.15) is 0 Å². The van der Waals surface area contributed by atoms with Gasteiger partial charge in [0.05, 0.1) is 18.9 Å². The molecule has 1 amide bonds. The van der Waals surface area contributed by atoms with Crippen LogP contribution >= 0.6 is 0 Å². The van der Waals surface area contributed by atoms with E-state index in [-0.39, 0.29) is 23.5 Å². The minimum absolute atomic E-state index is 0.0990. The lowest BCUT2D eigenvalue weighted by Crippen LogP contribution is -2.51. The van der Waals surface area contributed by atoms with E-state index in [0.717, 1.165) is 44.2 Å². The molecule has 0 radical (unpaired) electrons.